The van der Waals surface area contributed by atoms with Gasteiger partial charge in [-0.2, -0.15) is 0 Å². The van der Waals surface area contributed by atoms with Crippen LogP contribution in [0.15, 0.2) is 29.1 Å². The normalized spacial score (nSPS) is 14.2. The second-order valence-electron chi connectivity index (χ2n) is 6.97. The van der Waals surface area contributed by atoms with Gasteiger partial charge in [0.15, 0.2) is 5.13 Å². The Kier molecular flexibility index (Phi) is 4.25. The van der Waals surface area contributed by atoms with E-state index < -0.39 is 0 Å². The third kappa shape index (κ3) is 2.84. The van der Waals surface area contributed by atoms with Gasteiger partial charge < -0.3 is 0 Å². The maximum atomic E-state index is 13.0. The van der Waals surface area contributed by atoms with Gasteiger partial charge in [0.1, 0.15) is 10.7 Å². The molecule has 6 nitrogen and oxygen atoms in total. The second-order valence-corrected chi connectivity index (χ2v) is 9.00. The van der Waals surface area contributed by atoms with Crippen LogP contribution in [0.5, 0.6) is 0 Å². The summed E-state index contributed by atoms with van der Waals surface area (Å²) in [5, 5.41) is 4.02. The van der Waals surface area contributed by atoms with Gasteiger partial charge in [-0.3, -0.25) is 19.5 Å². The monoisotopic (exact) mass is 410 g/mol. The van der Waals surface area contributed by atoms with E-state index >= 15 is 0 Å². The molecule has 0 fully saturated rings. The zero-order chi connectivity index (χ0) is 19.3. The molecule has 1 amide bonds. The van der Waals surface area contributed by atoms with E-state index in [1.807, 2.05) is 31.2 Å². The maximum Gasteiger partial charge on any atom is 0.267 e. The lowest BCUT2D eigenvalue weighted by Gasteiger charge is -2.08. The Morgan fingerprint density at radius 3 is 2.86 bits per heavy atom. The molecule has 8 heteroatoms. The second kappa shape index (κ2) is 6.79. The number of hydrogen-bond donors (Lipinski definition) is 1. The first-order valence-corrected chi connectivity index (χ1v) is 10.9. The quantitative estimate of drug-likeness (QED) is 0.533. The predicted octanol–water partition coefficient (Wildman–Crippen LogP) is 4.35. The number of aryl methyl sites for hydroxylation is 2. The summed E-state index contributed by atoms with van der Waals surface area (Å²) >= 11 is 2.73. The van der Waals surface area contributed by atoms with Crippen LogP contribution in [0.1, 0.15) is 40.3 Å². The first-order chi connectivity index (χ1) is 13.6. The molecule has 4 heterocycles. The Morgan fingerprint density at radius 2 is 2.00 bits per heavy atom. The van der Waals surface area contributed by atoms with Gasteiger partial charge in [0.25, 0.3) is 11.5 Å². The van der Waals surface area contributed by atoms with Gasteiger partial charge >= 0.3 is 0 Å². The molecule has 1 N–H and O–H groups in total. The average Bonchev–Trinajstić information content (AvgIpc) is 3.13. The number of carbonyl (C=O) groups is 1. The number of thiazole rings is 1. The highest BCUT2D eigenvalue weighted by molar-refractivity contribution is 7.23. The molecule has 0 spiro atoms. The van der Waals surface area contributed by atoms with Crippen molar-refractivity contribution in [2.75, 3.05) is 5.32 Å². The lowest BCUT2D eigenvalue weighted by Crippen LogP contribution is -2.24. The lowest BCUT2D eigenvalue weighted by molar-refractivity contribution is 0.103. The van der Waals surface area contributed by atoms with Crippen molar-refractivity contribution in [1.82, 2.24) is 14.5 Å². The van der Waals surface area contributed by atoms with E-state index in [0.717, 1.165) is 41.7 Å². The van der Waals surface area contributed by atoms with Crippen molar-refractivity contribution in [1.29, 1.82) is 0 Å². The van der Waals surface area contributed by atoms with Crippen LogP contribution in [0, 0.1) is 6.92 Å². The number of nitrogens with zero attached hydrogens (tertiary/aromatic N) is 3. The van der Waals surface area contributed by atoms with Gasteiger partial charge in [-0.05, 0) is 37.5 Å². The number of aromatic nitrogens is 3. The van der Waals surface area contributed by atoms with Gasteiger partial charge in [0.05, 0.1) is 20.5 Å². The van der Waals surface area contributed by atoms with Crippen LogP contribution in [0.25, 0.3) is 20.4 Å². The molecule has 0 aliphatic carbocycles. The SMILES string of the molecule is Cc1c(C(=O)Nc2nc3ccccc3s2)sc2nc3n(c(=O)c12)CCCCC3. The number of nitrogens with one attached hydrogen (secondary N) is 1. The first kappa shape index (κ1) is 17.5. The van der Waals surface area contributed by atoms with Crippen LogP contribution in [0.2, 0.25) is 0 Å². The average molecular weight is 411 g/mol. The fourth-order valence-electron chi connectivity index (χ4n) is 3.71. The maximum absolute atomic E-state index is 13.0. The van der Waals surface area contributed by atoms with Crippen molar-refractivity contribution < 1.29 is 4.79 Å². The molecule has 0 saturated carbocycles. The third-order valence-electron chi connectivity index (χ3n) is 5.13. The Labute approximate surface area is 168 Å². The zero-order valence-electron chi connectivity index (χ0n) is 15.3. The van der Waals surface area contributed by atoms with Crippen LogP contribution >= 0.6 is 22.7 Å². The molecule has 28 heavy (non-hydrogen) atoms. The number of carbonyl (C=O) groups excluding carboxylic acids is 1. The number of hydrogen-bond acceptors (Lipinski definition) is 6. The van der Waals surface area contributed by atoms with E-state index in [2.05, 4.69) is 10.3 Å². The summed E-state index contributed by atoms with van der Waals surface area (Å²) in [6, 6.07) is 7.77. The van der Waals surface area contributed by atoms with Crippen LogP contribution < -0.4 is 10.9 Å². The molecular weight excluding hydrogens is 392 g/mol. The van der Waals surface area contributed by atoms with Gasteiger partial charge in [0, 0.05) is 13.0 Å². The van der Waals surface area contributed by atoms with Gasteiger partial charge in [0.2, 0.25) is 0 Å². The molecule has 0 atom stereocenters. The van der Waals surface area contributed by atoms with Gasteiger partial charge in [-0.1, -0.05) is 29.9 Å². The number of benzene rings is 1. The summed E-state index contributed by atoms with van der Waals surface area (Å²) in [4.78, 5) is 36.3. The van der Waals surface area contributed by atoms with E-state index in [1.165, 1.54) is 22.7 Å². The molecule has 1 aliphatic heterocycles. The molecule has 5 rings (SSSR count). The molecule has 1 aliphatic rings. The molecule has 0 saturated heterocycles. The number of amides is 1. The summed E-state index contributed by atoms with van der Waals surface area (Å²) in [6.45, 7) is 2.54. The van der Waals surface area contributed by atoms with E-state index in [0.29, 0.717) is 32.3 Å². The number of thiophene rings is 1. The molecule has 3 aromatic heterocycles. The van der Waals surface area contributed by atoms with Crippen LogP contribution in [-0.2, 0) is 13.0 Å². The minimum absolute atomic E-state index is 0.0188. The van der Waals surface area contributed by atoms with Gasteiger partial charge in [-0.25, -0.2) is 9.97 Å². The van der Waals surface area contributed by atoms with Crippen molar-refractivity contribution in [3.63, 3.8) is 0 Å². The minimum Gasteiger partial charge on any atom is -0.297 e. The molecule has 142 valence electrons. The van der Waals surface area contributed by atoms with Crippen molar-refractivity contribution >= 4 is 54.1 Å². The Bertz CT molecular complexity index is 1250. The van der Waals surface area contributed by atoms with Gasteiger partial charge in [-0.15, -0.1) is 11.3 Å². The summed E-state index contributed by atoms with van der Waals surface area (Å²) in [5.74, 6) is 0.605. The third-order valence-corrected chi connectivity index (χ3v) is 7.27. The number of rotatable bonds is 2. The minimum atomic E-state index is -0.237. The Morgan fingerprint density at radius 1 is 1.14 bits per heavy atom. The predicted molar refractivity (Wildman–Crippen MR) is 114 cm³/mol. The Hall–Kier alpha value is -2.58. The summed E-state index contributed by atoms with van der Waals surface area (Å²) in [6.07, 6.45) is 3.97. The number of para-hydroxylation sites is 1. The molecule has 4 aromatic rings. The van der Waals surface area contributed by atoms with Crippen molar-refractivity contribution in [2.24, 2.45) is 0 Å². The molecule has 0 unspecified atom stereocenters. The largest absolute Gasteiger partial charge is 0.297 e. The highest BCUT2D eigenvalue weighted by Gasteiger charge is 2.22. The summed E-state index contributed by atoms with van der Waals surface area (Å²) < 4.78 is 2.82. The standard InChI is InChI=1S/C20H18N4O2S2/c1-11-15-18(22-14-9-3-2-6-10-24(14)19(15)26)28-16(11)17(25)23-20-21-12-7-4-5-8-13(12)27-20/h4-5,7-8H,2-3,6,9-10H2,1H3,(H,21,23,25). The van der Waals surface area contributed by atoms with E-state index in [1.54, 1.807) is 4.57 Å². The Balaban J connectivity index is 1.55. The smallest absolute Gasteiger partial charge is 0.267 e. The van der Waals surface area contributed by atoms with Crippen LogP contribution in [0.4, 0.5) is 5.13 Å². The van der Waals surface area contributed by atoms with E-state index in [4.69, 9.17) is 4.98 Å². The highest BCUT2D eigenvalue weighted by Crippen LogP contribution is 2.30. The molecule has 0 radical (unpaired) electrons. The fraction of sp³-hybridized carbons (Fsp3) is 0.300. The van der Waals surface area contributed by atoms with Crippen LogP contribution in [-0.4, -0.2) is 20.4 Å². The van der Waals surface area contributed by atoms with Crippen molar-refractivity contribution in [3.05, 3.63) is 50.9 Å². The fourth-order valence-corrected chi connectivity index (χ4v) is 5.65. The molecular formula is C20H18N4O2S2. The highest BCUT2D eigenvalue weighted by atomic mass is 32.1. The summed E-state index contributed by atoms with van der Waals surface area (Å²) in [5.41, 5.74) is 1.55. The van der Waals surface area contributed by atoms with Crippen molar-refractivity contribution in [3.8, 4) is 0 Å². The topological polar surface area (TPSA) is 76.9 Å². The number of anilines is 1. The zero-order valence-corrected chi connectivity index (χ0v) is 17.0. The molecule has 0 bridgehead atoms. The van der Waals surface area contributed by atoms with E-state index in [9.17, 15) is 9.59 Å². The first-order valence-electron chi connectivity index (χ1n) is 9.31. The van der Waals surface area contributed by atoms with E-state index in [-0.39, 0.29) is 11.5 Å². The number of fused-ring (bicyclic) bond motifs is 3. The van der Waals surface area contributed by atoms with Crippen LogP contribution in [0.3, 0.4) is 0 Å². The molecule has 1 aromatic carbocycles. The lowest BCUT2D eigenvalue weighted by atomic mass is 10.2. The van der Waals surface area contributed by atoms with Crippen molar-refractivity contribution in [2.45, 2.75) is 39.2 Å². The summed E-state index contributed by atoms with van der Waals surface area (Å²) in [7, 11) is 0.